The summed E-state index contributed by atoms with van der Waals surface area (Å²) in [7, 11) is 4.70. The number of nitrogens with one attached hydrogen (secondary N) is 1. The first kappa shape index (κ1) is 22.7. The number of hydrogen-bond acceptors (Lipinski definition) is 7. The van der Waals surface area contributed by atoms with Gasteiger partial charge in [-0.15, -0.1) is 0 Å². The molecular formula is C27H27N3O5. The van der Waals surface area contributed by atoms with E-state index in [-0.39, 0.29) is 18.0 Å². The topological polar surface area (TPSA) is 109 Å². The molecule has 3 N–H and O–H groups in total. The summed E-state index contributed by atoms with van der Waals surface area (Å²) in [5.74, 6) is 2.07. The van der Waals surface area contributed by atoms with E-state index in [9.17, 15) is 4.79 Å². The summed E-state index contributed by atoms with van der Waals surface area (Å²) in [4.78, 5) is 17.2. The number of amides is 1. The summed E-state index contributed by atoms with van der Waals surface area (Å²) < 4.78 is 22.7. The van der Waals surface area contributed by atoms with Crippen molar-refractivity contribution in [3.63, 3.8) is 0 Å². The normalized spacial score (nSPS) is 17.0. The molecule has 1 aliphatic carbocycles. The van der Waals surface area contributed by atoms with Crippen LogP contribution in [0.2, 0.25) is 0 Å². The van der Waals surface area contributed by atoms with Gasteiger partial charge in [0.05, 0.1) is 21.3 Å². The largest absolute Gasteiger partial charge is 0.493 e. The maximum atomic E-state index is 12.7. The average molecular weight is 474 g/mol. The molecule has 0 aliphatic heterocycles. The Kier molecular flexibility index (Phi) is 6.05. The standard InChI is InChI=1S/C27H27N3O5/c1-32-23-10-17(11-24(33-2)26(23)34-3)22-14-21-25(35-22)20(7-8-29-21)15-5-4-6-16(9-15)27(31)30-19-12-18(28)13-19/h4-11,14,18-19H,12-13,28H2,1-3H3,(H,30,31)/t18-,19+. The van der Waals surface area contributed by atoms with Crippen molar-refractivity contribution in [1.82, 2.24) is 10.3 Å². The van der Waals surface area contributed by atoms with Gasteiger partial charge in [0.2, 0.25) is 5.75 Å². The first-order valence-electron chi connectivity index (χ1n) is 11.4. The highest BCUT2D eigenvalue weighted by Crippen LogP contribution is 2.42. The van der Waals surface area contributed by atoms with Gasteiger partial charge in [0, 0.05) is 41.0 Å². The highest BCUT2D eigenvalue weighted by atomic mass is 16.5. The van der Waals surface area contributed by atoms with Gasteiger partial charge in [0.25, 0.3) is 5.91 Å². The van der Waals surface area contributed by atoms with Crippen LogP contribution in [0, 0.1) is 0 Å². The molecular weight excluding hydrogens is 446 g/mol. The van der Waals surface area contributed by atoms with Gasteiger partial charge in [-0.3, -0.25) is 9.78 Å². The van der Waals surface area contributed by atoms with Crippen LogP contribution >= 0.6 is 0 Å². The number of carbonyl (C=O) groups is 1. The van der Waals surface area contributed by atoms with E-state index in [4.69, 9.17) is 24.4 Å². The average Bonchev–Trinajstić information content (AvgIpc) is 3.31. The van der Waals surface area contributed by atoms with Gasteiger partial charge < -0.3 is 29.7 Å². The molecule has 1 saturated carbocycles. The summed E-state index contributed by atoms with van der Waals surface area (Å²) in [5.41, 5.74) is 10.2. The molecule has 0 atom stereocenters. The van der Waals surface area contributed by atoms with Crippen LogP contribution in [0.25, 0.3) is 33.6 Å². The Morgan fingerprint density at radius 2 is 1.74 bits per heavy atom. The van der Waals surface area contributed by atoms with Crippen molar-refractivity contribution in [3.05, 3.63) is 60.3 Å². The third-order valence-corrected chi connectivity index (χ3v) is 6.31. The van der Waals surface area contributed by atoms with E-state index in [1.54, 1.807) is 33.6 Å². The molecule has 2 heterocycles. The third-order valence-electron chi connectivity index (χ3n) is 6.31. The number of rotatable bonds is 7. The lowest BCUT2D eigenvalue weighted by molar-refractivity contribution is 0.0910. The molecule has 1 fully saturated rings. The van der Waals surface area contributed by atoms with Crippen LogP contribution in [-0.2, 0) is 0 Å². The minimum Gasteiger partial charge on any atom is -0.493 e. The van der Waals surface area contributed by atoms with Crippen molar-refractivity contribution in [1.29, 1.82) is 0 Å². The predicted octanol–water partition coefficient (Wildman–Crippen LogP) is 4.41. The van der Waals surface area contributed by atoms with Crippen LogP contribution in [0.5, 0.6) is 17.2 Å². The number of aromatic nitrogens is 1. The Morgan fingerprint density at radius 3 is 2.40 bits per heavy atom. The molecule has 8 nitrogen and oxygen atoms in total. The summed E-state index contributed by atoms with van der Waals surface area (Å²) in [5, 5.41) is 3.05. The number of ether oxygens (including phenoxy) is 3. The second kappa shape index (κ2) is 9.31. The number of pyridine rings is 1. The molecule has 0 bridgehead atoms. The fourth-order valence-electron chi connectivity index (χ4n) is 4.41. The summed E-state index contributed by atoms with van der Waals surface area (Å²) in [6.45, 7) is 0. The third kappa shape index (κ3) is 4.28. The zero-order valence-electron chi connectivity index (χ0n) is 19.8. The Labute approximate surface area is 203 Å². The van der Waals surface area contributed by atoms with Gasteiger partial charge in [-0.2, -0.15) is 0 Å². The zero-order valence-corrected chi connectivity index (χ0v) is 19.8. The summed E-state index contributed by atoms with van der Waals surface area (Å²) in [6, 6.07) is 15.2. The molecule has 1 amide bonds. The molecule has 5 rings (SSSR count). The molecule has 0 spiro atoms. The van der Waals surface area contributed by atoms with Gasteiger partial charge in [-0.25, -0.2) is 0 Å². The van der Waals surface area contributed by atoms with Crippen LogP contribution in [0.1, 0.15) is 23.2 Å². The second-order valence-electron chi connectivity index (χ2n) is 8.58. The smallest absolute Gasteiger partial charge is 0.251 e. The number of fused-ring (bicyclic) bond motifs is 1. The molecule has 35 heavy (non-hydrogen) atoms. The maximum absolute atomic E-state index is 12.7. The number of nitrogens with zero attached hydrogens (tertiary/aromatic N) is 1. The number of carbonyl (C=O) groups excluding carboxylic acids is 1. The SMILES string of the molecule is COc1cc(-c2cc3nccc(-c4cccc(C(=O)N[C@H]5C[C@@H](N)C5)c4)c3o2)cc(OC)c1OC. The van der Waals surface area contributed by atoms with E-state index < -0.39 is 0 Å². The molecule has 2 aromatic carbocycles. The lowest BCUT2D eigenvalue weighted by atomic mass is 9.87. The van der Waals surface area contributed by atoms with E-state index in [1.807, 2.05) is 42.5 Å². The van der Waals surface area contributed by atoms with Gasteiger partial charge in [-0.05, 0) is 48.7 Å². The number of benzene rings is 2. The molecule has 180 valence electrons. The maximum Gasteiger partial charge on any atom is 0.251 e. The molecule has 0 unspecified atom stereocenters. The van der Waals surface area contributed by atoms with Crippen molar-refractivity contribution in [2.24, 2.45) is 5.73 Å². The molecule has 0 saturated heterocycles. The fraction of sp³-hybridized carbons (Fsp3) is 0.259. The van der Waals surface area contributed by atoms with Crippen molar-refractivity contribution >= 4 is 17.0 Å². The van der Waals surface area contributed by atoms with E-state index in [0.717, 1.165) is 29.5 Å². The summed E-state index contributed by atoms with van der Waals surface area (Å²) in [6.07, 6.45) is 3.35. The van der Waals surface area contributed by atoms with Crippen molar-refractivity contribution in [2.75, 3.05) is 21.3 Å². The van der Waals surface area contributed by atoms with Crippen LogP contribution in [0.3, 0.4) is 0 Å². The van der Waals surface area contributed by atoms with Gasteiger partial charge >= 0.3 is 0 Å². The van der Waals surface area contributed by atoms with E-state index >= 15 is 0 Å². The van der Waals surface area contributed by atoms with Crippen molar-refractivity contribution in [2.45, 2.75) is 24.9 Å². The number of furan rings is 1. The van der Waals surface area contributed by atoms with Gasteiger partial charge in [0.15, 0.2) is 17.1 Å². The Hall–Kier alpha value is -4.04. The Bertz CT molecular complexity index is 1370. The Balaban J connectivity index is 1.51. The van der Waals surface area contributed by atoms with Crippen LogP contribution in [0.15, 0.2) is 59.1 Å². The van der Waals surface area contributed by atoms with E-state index in [1.165, 1.54) is 0 Å². The van der Waals surface area contributed by atoms with E-state index in [0.29, 0.717) is 39.7 Å². The fourth-order valence-corrected chi connectivity index (χ4v) is 4.41. The highest BCUT2D eigenvalue weighted by molar-refractivity contribution is 5.98. The minimum atomic E-state index is -0.105. The van der Waals surface area contributed by atoms with Crippen molar-refractivity contribution in [3.8, 4) is 39.7 Å². The first-order valence-corrected chi connectivity index (χ1v) is 11.4. The highest BCUT2D eigenvalue weighted by Gasteiger charge is 2.27. The zero-order chi connectivity index (χ0) is 24.5. The van der Waals surface area contributed by atoms with E-state index in [2.05, 4.69) is 10.3 Å². The predicted molar refractivity (Wildman–Crippen MR) is 133 cm³/mol. The van der Waals surface area contributed by atoms with Crippen LogP contribution < -0.4 is 25.3 Å². The van der Waals surface area contributed by atoms with Gasteiger partial charge in [-0.1, -0.05) is 12.1 Å². The first-order chi connectivity index (χ1) is 17.0. The second-order valence-corrected chi connectivity index (χ2v) is 8.58. The molecule has 1 aliphatic rings. The van der Waals surface area contributed by atoms with Crippen LogP contribution in [0.4, 0.5) is 0 Å². The molecule has 2 aromatic heterocycles. The van der Waals surface area contributed by atoms with Crippen LogP contribution in [-0.4, -0.2) is 44.3 Å². The summed E-state index contributed by atoms with van der Waals surface area (Å²) >= 11 is 0. The Morgan fingerprint density at radius 1 is 1.00 bits per heavy atom. The number of methoxy groups -OCH3 is 3. The lowest BCUT2D eigenvalue weighted by Gasteiger charge is -2.32. The number of hydrogen-bond donors (Lipinski definition) is 2. The minimum absolute atomic E-state index is 0.105. The lowest BCUT2D eigenvalue weighted by Crippen LogP contribution is -2.50. The molecule has 8 heteroatoms. The quantitative estimate of drug-likeness (QED) is 0.409. The monoisotopic (exact) mass is 473 g/mol. The molecule has 4 aromatic rings. The van der Waals surface area contributed by atoms with Gasteiger partial charge in [0.1, 0.15) is 11.3 Å². The molecule has 0 radical (unpaired) electrons. The number of nitrogens with two attached hydrogens (primary N) is 1. The van der Waals surface area contributed by atoms with Crippen molar-refractivity contribution < 1.29 is 23.4 Å².